The van der Waals surface area contributed by atoms with Crippen LogP contribution in [0.1, 0.15) is 34.5 Å². The van der Waals surface area contributed by atoms with Gasteiger partial charge in [0.25, 0.3) is 0 Å². The summed E-state index contributed by atoms with van der Waals surface area (Å²) in [5.74, 6) is 0.167. The van der Waals surface area contributed by atoms with Crippen LogP contribution in [0.2, 0.25) is 0 Å². The molecular formula is C20H20N2OS2. The summed E-state index contributed by atoms with van der Waals surface area (Å²) < 4.78 is 2.41. The topological polar surface area (TPSA) is 37.5 Å². The summed E-state index contributed by atoms with van der Waals surface area (Å²) >= 11 is 6.85. The highest BCUT2D eigenvalue weighted by atomic mass is 32.1. The number of hydrogen-bond acceptors (Lipinski definition) is 4. The fourth-order valence-electron chi connectivity index (χ4n) is 2.69. The first-order valence-corrected chi connectivity index (χ1v) is 9.30. The van der Waals surface area contributed by atoms with Gasteiger partial charge in [-0.3, -0.25) is 9.56 Å². The van der Waals surface area contributed by atoms with Crippen LogP contribution in [0, 0.1) is 17.8 Å². The van der Waals surface area contributed by atoms with Crippen molar-refractivity contribution < 1.29 is 5.11 Å². The number of rotatable bonds is 4. The van der Waals surface area contributed by atoms with Crippen LogP contribution >= 0.6 is 23.6 Å². The summed E-state index contributed by atoms with van der Waals surface area (Å²) in [5.41, 5.74) is 4.26. The number of aromatic hydroxyl groups is 1. The van der Waals surface area contributed by atoms with Gasteiger partial charge in [-0.25, -0.2) is 0 Å². The van der Waals surface area contributed by atoms with Gasteiger partial charge in [0.15, 0.2) is 3.95 Å². The minimum absolute atomic E-state index is 0.0344. The minimum atomic E-state index is -0.0344. The molecule has 1 N–H and O–H groups in total. The second-order valence-electron chi connectivity index (χ2n) is 6.06. The van der Waals surface area contributed by atoms with Crippen molar-refractivity contribution in [3.63, 3.8) is 0 Å². The summed E-state index contributed by atoms with van der Waals surface area (Å²) in [6.07, 6.45) is 1.70. The molecule has 0 fully saturated rings. The summed E-state index contributed by atoms with van der Waals surface area (Å²) in [6, 6.07) is 16.1. The van der Waals surface area contributed by atoms with Crippen LogP contribution in [0.15, 0.2) is 53.5 Å². The zero-order chi connectivity index (χ0) is 18.0. The number of hydrogen-bond donors (Lipinski definition) is 1. The van der Waals surface area contributed by atoms with Gasteiger partial charge >= 0.3 is 0 Å². The van der Waals surface area contributed by atoms with Crippen molar-refractivity contribution in [3.05, 3.63) is 74.1 Å². The lowest BCUT2D eigenvalue weighted by Crippen LogP contribution is -2.06. The predicted octanol–water partition coefficient (Wildman–Crippen LogP) is 5.96. The van der Waals surface area contributed by atoms with E-state index in [2.05, 4.69) is 11.1 Å². The monoisotopic (exact) mass is 368 g/mol. The molecule has 0 unspecified atom stereocenters. The zero-order valence-electron chi connectivity index (χ0n) is 14.4. The Morgan fingerprint density at radius 2 is 1.88 bits per heavy atom. The molecule has 2 aromatic carbocycles. The van der Waals surface area contributed by atoms with E-state index in [1.54, 1.807) is 10.8 Å². The van der Waals surface area contributed by atoms with E-state index in [0.717, 1.165) is 22.4 Å². The second kappa shape index (κ2) is 7.33. The van der Waals surface area contributed by atoms with Gasteiger partial charge in [0.1, 0.15) is 4.88 Å². The number of nitrogens with zero attached hydrogens (tertiary/aromatic N) is 2. The first kappa shape index (κ1) is 17.6. The van der Waals surface area contributed by atoms with Gasteiger partial charge in [-0.2, -0.15) is 0 Å². The third kappa shape index (κ3) is 3.72. The van der Waals surface area contributed by atoms with Gasteiger partial charge in [-0.1, -0.05) is 53.8 Å². The molecule has 3 rings (SSSR count). The van der Waals surface area contributed by atoms with Crippen LogP contribution in [-0.4, -0.2) is 15.9 Å². The average Bonchev–Trinajstić information content (AvgIpc) is 2.89. The molecule has 1 atom stereocenters. The summed E-state index contributed by atoms with van der Waals surface area (Å²) in [4.78, 5) is 5.22. The molecule has 3 aromatic rings. The number of benzene rings is 2. The lowest BCUT2D eigenvalue weighted by Gasteiger charge is -2.14. The smallest absolute Gasteiger partial charge is 0.212 e. The predicted molar refractivity (Wildman–Crippen MR) is 108 cm³/mol. The van der Waals surface area contributed by atoms with Crippen molar-refractivity contribution >= 4 is 35.5 Å². The molecule has 0 bridgehead atoms. The summed E-state index contributed by atoms with van der Waals surface area (Å²) in [6.45, 7) is 6.09. The van der Waals surface area contributed by atoms with Crippen LogP contribution in [-0.2, 0) is 0 Å². The number of aryl methyl sites for hydroxylation is 2. The maximum Gasteiger partial charge on any atom is 0.212 e. The van der Waals surface area contributed by atoms with Gasteiger partial charge in [0.05, 0.1) is 17.9 Å². The van der Waals surface area contributed by atoms with Gasteiger partial charge in [0, 0.05) is 0 Å². The maximum absolute atomic E-state index is 10.7. The van der Waals surface area contributed by atoms with E-state index in [1.165, 1.54) is 11.3 Å². The number of thiazole rings is 1. The first-order chi connectivity index (χ1) is 12.0. The average molecular weight is 369 g/mol. The number of aromatic nitrogens is 1. The molecule has 0 saturated carbocycles. The van der Waals surface area contributed by atoms with Crippen LogP contribution in [0.3, 0.4) is 0 Å². The highest BCUT2D eigenvalue weighted by molar-refractivity contribution is 7.73. The van der Waals surface area contributed by atoms with E-state index in [0.29, 0.717) is 8.83 Å². The largest absolute Gasteiger partial charge is 0.493 e. The zero-order valence-corrected chi connectivity index (χ0v) is 16.1. The third-order valence-electron chi connectivity index (χ3n) is 4.20. The molecule has 5 heteroatoms. The standard InChI is InChI=1S/C20H20N2OS2/c1-13-9-10-14(2)17(11-13)21-12-18-19(23)22(20(24)25-18)15(3)16-7-5-4-6-8-16/h4-12,15,23H,1-3H3/t15-/m1/s1. The van der Waals surface area contributed by atoms with Gasteiger partial charge in [-0.15, -0.1) is 0 Å². The van der Waals surface area contributed by atoms with Crippen molar-refractivity contribution in [2.75, 3.05) is 0 Å². The van der Waals surface area contributed by atoms with Crippen LogP contribution in [0.5, 0.6) is 5.88 Å². The van der Waals surface area contributed by atoms with Gasteiger partial charge < -0.3 is 5.11 Å². The van der Waals surface area contributed by atoms with Crippen molar-refractivity contribution in [1.82, 2.24) is 4.57 Å². The fourth-order valence-corrected chi connectivity index (χ4v) is 4.03. The van der Waals surface area contributed by atoms with Crippen molar-refractivity contribution in [3.8, 4) is 5.88 Å². The molecule has 0 saturated heterocycles. The van der Waals surface area contributed by atoms with Gasteiger partial charge in [-0.05, 0) is 55.7 Å². The molecular weight excluding hydrogens is 348 g/mol. The molecule has 0 aliphatic carbocycles. The molecule has 0 radical (unpaired) electrons. The highest BCUT2D eigenvalue weighted by Gasteiger charge is 2.17. The lowest BCUT2D eigenvalue weighted by atomic mass is 10.1. The molecule has 0 aliphatic rings. The molecule has 3 nitrogen and oxygen atoms in total. The van der Waals surface area contributed by atoms with Crippen LogP contribution < -0.4 is 0 Å². The Bertz CT molecular complexity index is 971. The summed E-state index contributed by atoms with van der Waals surface area (Å²) in [5, 5.41) is 10.7. The Hall–Kier alpha value is -2.24. The minimum Gasteiger partial charge on any atom is -0.493 e. The normalized spacial score (nSPS) is 12.6. The molecule has 128 valence electrons. The lowest BCUT2D eigenvalue weighted by molar-refractivity contribution is 0.405. The first-order valence-electron chi connectivity index (χ1n) is 8.08. The number of aliphatic imine (C=N–C) groups is 1. The van der Waals surface area contributed by atoms with E-state index in [4.69, 9.17) is 12.2 Å². The quantitative estimate of drug-likeness (QED) is 0.455. The SMILES string of the molecule is Cc1ccc(C)c(N=Cc2sc(=S)n([C@H](C)c3ccccc3)c2O)c1. The Morgan fingerprint density at radius 1 is 1.16 bits per heavy atom. The van der Waals surface area contributed by atoms with E-state index in [9.17, 15) is 5.11 Å². The molecule has 1 heterocycles. The highest BCUT2D eigenvalue weighted by Crippen LogP contribution is 2.32. The molecule has 25 heavy (non-hydrogen) atoms. The van der Waals surface area contributed by atoms with Crippen LogP contribution in [0.4, 0.5) is 5.69 Å². The van der Waals surface area contributed by atoms with E-state index in [1.807, 2.05) is 63.2 Å². The van der Waals surface area contributed by atoms with Crippen molar-refractivity contribution in [2.24, 2.45) is 4.99 Å². The van der Waals surface area contributed by atoms with E-state index in [-0.39, 0.29) is 11.9 Å². The third-order valence-corrected chi connectivity index (χ3v) is 5.52. The molecule has 1 aromatic heterocycles. The van der Waals surface area contributed by atoms with Crippen molar-refractivity contribution in [1.29, 1.82) is 0 Å². The Labute approximate surface area is 156 Å². The molecule has 0 aliphatic heterocycles. The molecule has 0 amide bonds. The second-order valence-corrected chi connectivity index (χ2v) is 7.74. The Balaban J connectivity index is 1.96. The van der Waals surface area contributed by atoms with Crippen molar-refractivity contribution in [2.45, 2.75) is 26.8 Å². The Kier molecular flexibility index (Phi) is 5.16. The van der Waals surface area contributed by atoms with E-state index < -0.39 is 0 Å². The molecule has 0 spiro atoms. The summed E-state index contributed by atoms with van der Waals surface area (Å²) in [7, 11) is 0. The van der Waals surface area contributed by atoms with Gasteiger partial charge in [0.2, 0.25) is 5.88 Å². The fraction of sp³-hybridized carbons (Fsp3) is 0.200. The van der Waals surface area contributed by atoms with E-state index >= 15 is 0 Å². The maximum atomic E-state index is 10.7. The van der Waals surface area contributed by atoms with Crippen LogP contribution in [0.25, 0.3) is 0 Å². The Morgan fingerprint density at radius 3 is 2.60 bits per heavy atom.